The maximum Gasteiger partial charge on any atom is 0.335 e. The molecule has 64 heavy (non-hydrogen) atoms. The minimum atomic E-state index is -5.12. The van der Waals surface area contributed by atoms with E-state index in [0.29, 0.717) is 27.1 Å². The minimum absolute atomic E-state index is 0.0695. The van der Waals surface area contributed by atoms with Gasteiger partial charge >= 0.3 is 5.97 Å². The molecule has 0 aliphatic carbocycles. The Hall–Kier alpha value is -7.14. The smallest absolute Gasteiger partial charge is 0.335 e. The van der Waals surface area contributed by atoms with Gasteiger partial charge in [-0.15, -0.1) is 30.7 Å². The van der Waals surface area contributed by atoms with Crippen molar-refractivity contribution in [3.63, 3.8) is 0 Å². The molecule has 0 amide bonds. The number of thiazole rings is 1. The average molecular weight is 952 g/mol. The normalized spacial score (nSPS) is 12.7. The van der Waals surface area contributed by atoms with Crippen molar-refractivity contribution in [3.05, 3.63) is 96.2 Å². The molecule has 0 unspecified atom stereocenters. The van der Waals surface area contributed by atoms with Crippen molar-refractivity contribution in [2.24, 2.45) is 30.7 Å². The SMILES string of the molecule is Cc1cc(N=Nc2ccc3c(S(=O)(=O)O)c(N=Nc4cnn(-c5cc(C(=O)O)cc(S(=O)(=O)O)c5)c4O)ccc3c2O)c(OCCCS(=O)(=O)O)cc1N=Nc1nc2ccccc2s1. The minimum Gasteiger partial charge on any atom is -0.505 e. The van der Waals surface area contributed by atoms with Crippen LogP contribution in [-0.4, -0.2) is 87.3 Å². The quantitative estimate of drug-likeness (QED) is 0.0319. The first-order valence-corrected chi connectivity index (χ1v) is 23.2. The number of fused-ring (bicyclic) bond motifs is 2. The summed E-state index contributed by atoms with van der Waals surface area (Å²) >= 11 is 1.32. The monoisotopic (exact) mass is 951 g/mol. The molecule has 7 rings (SSSR count). The zero-order chi connectivity index (χ0) is 46.1. The largest absolute Gasteiger partial charge is 0.505 e. The molecule has 5 aromatic carbocycles. The number of aromatic hydroxyl groups is 2. The number of azo groups is 3. The Morgan fingerprint density at radius 2 is 1.42 bits per heavy atom. The van der Waals surface area contributed by atoms with Crippen molar-refractivity contribution in [2.45, 2.75) is 23.1 Å². The summed E-state index contributed by atoms with van der Waals surface area (Å²) in [6, 6.07) is 17.5. The fraction of sp³-hybridized carbons (Fsp3) is 0.108. The number of aromatic nitrogens is 3. The van der Waals surface area contributed by atoms with Crippen molar-refractivity contribution in [3.8, 4) is 23.1 Å². The topological polar surface area (TPSA) is 355 Å². The fourth-order valence-corrected chi connectivity index (χ4v) is 8.59. The lowest BCUT2D eigenvalue weighted by Gasteiger charge is -2.11. The van der Waals surface area contributed by atoms with Gasteiger partial charge in [0, 0.05) is 16.8 Å². The molecule has 0 bridgehead atoms. The summed E-state index contributed by atoms with van der Waals surface area (Å²) in [6.07, 6.45) is 0.819. The Balaban J connectivity index is 1.20. The molecule has 2 heterocycles. The molecule has 0 spiro atoms. The van der Waals surface area contributed by atoms with Crippen molar-refractivity contribution < 1.29 is 63.8 Å². The Morgan fingerprint density at radius 1 is 0.750 bits per heavy atom. The molecule has 23 nitrogen and oxygen atoms in total. The van der Waals surface area contributed by atoms with Gasteiger partial charge in [-0.05, 0) is 73.5 Å². The molecule has 27 heteroatoms. The molecule has 0 saturated carbocycles. The summed E-state index contributed by atoms with van der Waals surface area (Å²) in [4.78, 5) is 14.4. The predicted octanol–water partition coefficient (Wildman–Crippen LogP) is 8.45. The van der Waals surface area contributed by atoms with Crippen LogP contribution < -0.4 is 4.74 Å². The van der Waals surface area contributed by atoms with E-state index in [0.717, 1.165) is 34.6 Å². The Morgan fingerprint density at radius 3 is 2.12 bits per heavy atom. The highest BCUT2D eigenvalue weighted by molar-refractivity contribution is 7.86. The van der Waals surface area contributed by atoms with Crippen LogP contribution in [0.25, 0.3) is 26.7 Å². The van der Waals surface area contributed by atoms with Crippen LogP contribution in [0.2, 0.25) is 0 Å². The number of rotatable bonds is 15. The van der Waals surface area contributed by atoms with Crippen molar-refractivity contribution in [1.29, 1.82) is 0 Å². The number of carboxylic acid groups (broad SMARTS) is 1. The van der Waals surface area contributed by atoms with Crippen LogP contribution >= 0.6 is 11.3 Å². The van der Waals surface area contributed by atoms with Crippen LogP contribution in [0, 0.1) is 6.92 Å². The molecule has 0 aliphatic rings. The predicted molar refractivity (Wildman–Crippen MR) is 227 cm³/mol. The number of ether oxygens (including phenoxy) is 1. The van der Waals surface area contributed by atoms with E-state index >= 15 is 0 Å². The first-order valence-electron chi connectivity index (χ1n) is 17.9. The van der Waals surface area contributed by atoms with Crippen molar-refractivity contribution in [2.75, 3.05) is 12.4 Å². The van der Waals surface area contributed by atoms with E-state index in [2.05, 4.69) is 40.8 Å². The Kier molecular flexibility index (Phi) is 12.3. The van der Waals surface area contributed by atoms with Gasteiger partial charge in [0.2, 0.25) is 11.0 Å². The van der Waals surface area contributed by atoms with Crippen LogP contribution in [0.4, 0.5) is 33.6 Å². The number of para-hydroxylation sites is 1. The van der Waals surface area contributed by atoms with Crippen molar-refractivity contribution in [1.82, 2.24) is 14.8 Å². The third-order valence-electron chi connectivity index (χ3n) is 8.88. The Bertz CT molecular complexity index is 3430. The van der Waals surface area contributed by atoms with Gasteiger partial charge in [0.05, 0.1) is 50.6 Å². The second-order valence-corrected chi connectivity index (χ2v) is 18.7. The summed E-state index contributed by atoms with van der Waals surface area (Å²) in [7, 11) is -14.3. The number of aromatic carboxylic acids is 1. The zero-order valence-electron chi connectivity index (χ0n) is 32.3. The number of aryl methyl sites for hydroxylation is 1. The van der Waals surface area contributed by atoms with Gasteiger partial charge in [0.15, 0.2) is 11.4 Å². The van der Waals surface area contributed by atoms with Crippen LogP contribution in [-0.2, 0) is 30.4 Å². The number of phenolic OH excluding ortho intramolecular Hbond substituents is 1. The summed E-state index contributed by atoms with van der Waals surface area (Å²) in [5, 5.41) is 59.9. The lowest BCUT2D eigenvalue weighted by atomic mass is 10.1. The molecular weight excluding hydrogens is 923 g/mol. The zero-order valence-corrected chi connectivity index (χ0v) is 35.6. The van der Waals surface area contributed by atoms with E-state index in [1.165, 1.54) is 41.7 Å². The maximum atomic E-state index is 12.7. The molecule has 2 aromatic heterocycles. The van der Waals surface area contributed by atoms with Crippen LogP contribution in [0.15, 0.2) is 126 Å². The van der Waals surface area contributed by atoms with E-state index in [1.54, 1.807) is 6.92 Å². The standard InChI is InChI=1S/C37H29N9O14S4/c1-19-13-29(31(60-11-4-12-62(51,52)53)17-28(19)42-45-37-39-25-5-2-3-6-32(25)61-37)43-40-26-9-8-24-23(33(26)47)7-10-27(34(24)64(57,58)59)41-44-30-18-38-46(35(30)48)21-14-20(36(49)50)15-22(16-21)63(54,55)56/h2-3,5-10,13-18,47-48H,4,11-12H2,1H3,(H,49,50)(H,51,52,53)(H,54,55,56)(H,57,58,59). The van der Waals surface area contributed by atoms with E-state index in [1.807, 2.05) is 24.3 Å². The highest BCUT2D eigenvalue weighted by atomic mass is 32.2. The summed E-state index contributed by atoms with van der Waals surface area (Å²) in [5.74, 6) is -3.49. The Labute approximate surface area is 364 Å². The average Bonchev–Trinajstić information content (AvgIpc) is 3.82. The number of hydrogen-bond donors (Lipinski definition) is 6. The van der Waals surface area contributed by atoms with Gasteiger partial charge in [-0.1, -0.05) is 29.5 Å². The van der Waals surface area contributed by atoms with Gasteiger partial charge in [0.25, 0.3) is 30.4 Å². The van der Waals surface area contributed by atoms with Crippen LogP contribution in [0.1, 0.15) is 22.3 Å². The lowest BCUT2D eigenvalue weighted by Crippen LogP contribution is -2.08. The molecule has 0 aliphatic heterocycles. The summed E-state index contributed by atoms with van der Waals surface area (Å²) < 4.78 is 108. The van der Waals surface area contributed by atoms with E-state index in [-0.39, 0.29) is 46.6 Å². The number of phenols is 1. The number of nitrogens with zero attached hydrogens (tertiary/aromatic N) is 9. The molecule has 0 radical (unpaired) electrons. The number of benzene rings is 5. The van der Waals surface area contributed by atoms with Gasteiger partial charge in [-0.25, -0.2) is 9.78 Å². The van der Waals surface area contributed by atoms with Gasteiger partial charge in [-0.3, -0.25) is 13.7 Å². The van der Waals surface area contributed by atoms with Gasteiger partial charge < -0.3 is 20.1 Å². The van der Waals surface area contributed by atoms with Gasteiger partial charge in [-0.2, -0.15) is 35.0 Å². The second-order valence-electron chi connectivity index (χ2n) is 13.3. The van der Waals surface area contributed by atoms with Crippen molar-refractivity contribution >= 4 is 102 Å². The highest BCUT2D eigenvalue weighted by Gasteiger charge is 2.24. The third-order valence-corrected chi connectivity index (χ3v) is 12.4. The van der Waals surface area contributed by atoms with Crippen LogP contribution in [0.5, 0.6) is 17.4 Å². The molecule has 0 saturated heterocycles. The molecule has 0 atom stereocenters. The maximum absolute atomic E-state index is 12.7. The fourth-order valence-electron chi connectivity index (χ4n) is 5.94. The third kappa shape index (κ3) is 10.0. The first kappa shape index (κ1) is 44.9. The number of carboxylic acids is 1. The number of hydrogen-bond acceptors (Lipinski definition) is 19. The van der Waals surface area contributed by atoms with E-state index < -0.39 is 80.4 Å². The molecule has 330 valence electrons. The van der Waals surface area contributed by atoms with Crippen LogP contribution in [0.3, 0.4) is 0 Å². The summed E-state index contributed by atoms with van der Waals surface area (Å²) in [5.41, 5.74) is -0.286. The highest BCUT2D eigenvalue weighted by Crippen LogP contribution is 2.43. The molecule has 7 aromatic rings. The van der Waals surface area contributed by atoms with E-state index in [9.17, 15) is 54.5 Å². The van der Waals surface area contributed by atoms with Gasteiger partial charge in [0.1, 0.15) is 27.7 Å². The molecule has 0 fully saturated rings. The second kappa shape index (κ2) is 17.6. The summed E-state index contributed by atoms with van der Waals surface area (Å²) in [6.45, 7) is 1.52. The lowest BCUT2D eigenvalue weighted by molar-refractivity contribution is 0.0696. The first-order chi connectivity index (χ1) is 30.2. The molecular formula is C37H29N9O14S4. The molecule has 6 N–H and O–H groups in total. The van der Waals surface area contributed by atoms with E-state index in [4.69, 9.17) is 9.29 Å². The number of carbonyl (C=O) groups is 1.